The molecule has 1 saturated carbocycles. The van der Waals surface area contributed by atoms with Crippen LogP contribution in [-0.2, 0) is 14.0 Å². The number of aliphatic carboxylic acids is 1. The van der Waals surface area contributed by atoms with E-state index in [9.17, 15) is 9.59 Å². The molecule has 0 atom stereocenters. The first-order valence-electron chi connectivity index (χ1n) is 7.99. The maximum Gasteiger partial charge on any atom is 0.303 e. The van der Waals surface area contributed by atoms with Gasteiger partial charge in [-0.05, 0) is 11.5 Å². The largest absolute Gasteiger partial charge is 0.524 e. The van der Waals surface area contributed by atoms with Gasteiger partial charge < -0.3 is 9.53 Å². The molecule has 1 fully saturated rings. The molecule has 0 saturated heterocycles. The van der Waals surface area contributed by atoms with Gasteiger partial charge >= 0.3 is 5.97 Å². The molecule has 0 bridgehead atoms. The van der Waals surface area contributed by atoms with Gasteiger partial charge in [-0.25, -0.2) is 0 Å². The summed E-state index contributed by atoms with van der Waals surface area (Å²) in [5, 5.41) is 5.82. The molecule has 0 aromatic rings. The zero-order valence-electron chi connectivity index (χ0n) is 14.7. The van der Waals surface area contributed by atoms with Gasteiger partial charge in [0.1, 0.15) is 0 Å². The van der Waals surface area contributed by atoms with E-state index in [-0.39, 0.29) is 23.8 Å². The highest BCUT2D eigenvalue weighted by atomic mass is 35.5. The monoisotopic (exact) mass is 506 g/mol. The van der Waals surface area contributed by atoms with Crippen LogP contribution in [0.5, 0.6) is 0 Å². The molecular formula is C15H24Cl6O4Si. The van der Waals surface area contributed by atoms with E-state index in [0.717, 1.165) is 0 Å². The van der Waals surface area contributed by atoms with Crippen LogP contribution < -0.4 is 0 Å². The zero-order valence-corrected chi connectivity index (χ0v) is 20.7. The molecule has 26 heavy (non-hydrogen) atoms. The normalized spacial score (nSPS) is 32.0. The minimum Gasteiger partial charge on any atom is -0.524 e. The van der Waals surface area contributed by atoms with Crippen molar-refractivity contribution in [3.8, 4) is 0 Å². The Labute approximate surface area is 187 Å². The van der Waals surface area contributed by atoms with Crippen molar-refractivity contribution in [2.75, 3.05) is 0 Å². The Morgan fingerprint density at radius 2 is 1.19 bits per heavy atom. The summed E-state index contributed by atoms with van der Waals surface area (Å²) in [4.78, 5) is 21.2. The molecule has 0 radical (unpaired) electrons. The highest BCUT2D eigenvalue weighted by Gasteiger charge is 2.46. The minimum absolute atomic E-state index is 0.0339. The Morgan fingerprint density at radius 1 is 0.846 bits per heavy atom. The van der Waals surface area contributed by atoms with Crippen LogP contribution in [-0.4, -0.2) is 59.1 Å². The first-order chi connectivity index (χ1) is 11.8. The molecule has 0 aromatic heterocycles. The highest BCUT2D eigenvalue weighted by Crippen LogP contribution is 2.39. The molecule has 1 rings (SSSR count). The number of hydrogen-bond acceptors (Lipinski definition) is 3. The number of carbonyl (C=O) groups is 2. The Bertz CT molecular complexity index is 403. The van der Waals surface area contributed by atoms with Crippen molar-refractivity contribution < 1.29 is 19.1 Å². The molecule has 154 valence electrons. The standard InChI is InChI=1S/C9H18O4Si.C6H6Cl6/c1-9(2,3)14-13-8(12)6-4-5-7(10)11;7-1-2(8)4(10)6(12)5(11)3(1)9/h4-6,14H2,1-3H3,(H,10,11);1-6H. The molecule has 0 spiro atoms. The Balaban J connectivity index is 0.000000485. The van der Waals surface area contributed by atoms with Crippen molar-refractivity contribution in [3.63, 3.8) is 0 Å². The summed E-state index contributed by atoms with van der Waals surface area (Å²) in [5.41, 5.74) is 0. The maximum absolute atomic E-state index is 11.1. The van der Waals surface area contributed by atoms with E-state index in [2.05, 4.69) is 0 Å². The summed E-state index contributed by atoms with van der Waals surface area (Å²) in [6, 6.07) is 0. The van der Waals surface area contributed by atoms with Crippen molar-refractivity contribution in [2.45, 2.75) is 77.3 Å². The van der Waals surface area contributed by atoms with Gasteiger partial charge in [0.05, 0.1) is 32.3 Å². The van der Waals surface area contributed by atoms with E-state index in [1.54, 1.807) is 0 Å². The molecule has 0 unspecified atom stereocenters. The third-order valence-corrected chi connectivity index (χ3v) is 8.63. The van der Waals surface area contributed by atoms with Crippen LogP contribution in [0.25, 0.3) is 0 Å². The minimum atomic E-state index is -0.870. The molecule has 0 amide bonds. The van der Waals surface area contributed by atoms with E-state index in [4.69, 9.17) is 79.1 Å². The summed E-state index contributed by atoms with van der Waals surface area (Å²) >= 11 is 35.3. The number of carboxylic acids is 1. The van der Waals surface area contributed by atoms with Crippen LogP contribution >= 0.6 is 69.6 Å². The summed E-state index contributed by atoms with van der Waals surface area (Å²) in [6.07, 6.45) is 0.619. The van der Waals surface area contributed by atoms with Gasteiger partial charge in [-0.1, -0.05) is 20.8 Å². The quantitative estimate of drug-likeness (QED) is 0.430. The van der Waals surface area contributed by atoms with Crippen LogP contribution in [0, 0.1) is 0 Å². The van der Waals surface area contributed by atoms with Crippen LogP contribution in [0.15, 0.2) is 0 Å². The fourth-order valence-electron chi connectivity index (χ4n) is 1.81. The summed E-state index contributed by atoms with van der Waals surface area (Å²) in [7, 11) is -0.842. The Kier molecular flexibility index (Phi) is 12.9. The molecular weight excluding hydrogens is 485 g/mol. The second-order valence-corrected chi connectivity index (χ2v) is 12.9. The average molecular weight is 509 g/mol. The molecule has 0 aromatic carbocycles. The van der Waals surface area contributed by atoms with Gasteiger partial charge in [0.15, 0.2) is 0 Å². The number of carbonyl (C=O) groups excluding carboxylic acids is 1. The van der Waals surface area contributed by atoms with Gasteiger partial charge in [0.2, 0.25) is 9.76 Å². The van der Waals surface area contributed by atoms with Crippen molar-refractivity contribution in [3.05, 3.63) is 0 Å². The second kappa shape index (κ2) is 12.5. The van der Waals surface area contributed by atoms with Gasteiger partial charge in [-0.3, -0.25) is 9.59 Å². The number of alkyl halides is 6. The first-order valence-corrected chi connectivity index (χ1v) is 11.9. The van der Waals surface area contributed by atoms with Crippen molar-refractivity contribution >= 4 is 91.3 Å². The topological polar surface area (TPSA) is 63.6 Å². The van der Waals surface area contributed by atoms with Crippen molar-refractivity contribution in [2.24, 2.45) is 0 Å². The zero-order chi connectivity index (χ0) is 20.7. The van der Waals surface area contributed by atoms with E-state index >= 15 is 0 Å². The predicted molar refractivity (Wildman–Crippen MR) is 114 cm³/mol. The van der Waals surface area contributed by atoms with Gasteiger partial charge in [-0.15, -0.1) is 69.6 Å². The number of halogens is 6. The summed E-state index contributed by atoms with van der Waals surface area (Å²) < 4.78 is 5.10. The third kappa shape index (κ3) is 10.4. The molecule has 0 heterocycles. The average Bonchev–Trinajstić information content (AvgIpc) is 2.54. The second-order valence-electron chi connectivity index (χ2n) is 7.14. The van der Waals surface area contributed by atoms with Crippen LogP contribution in [0.4, 0.5) is 0 Å². The SMILES string of the molecule is CC(C)(C)[SiH2]OC(=O)CCCC(=O)O.ClC1C(Cl)C(Cl)C(Cl)C(Cl)C1Cl. The molecule has 1 aliphatic carbocycles. The highest BCUT2D eigenvalue weighted by molar-refractivity contribution is 6.45. The van der Waals surface area contributed by atoms with Crippen molar-refractivity contribution in [1.29, 1.82) is 0 Å². The lowest BCUT2D eigenvalue weighted by molar-refractivity contribution is -0.137. The van der Waals surface area contributed by atoms with E-state index in [1.165, 1.54) is 0 Å². The lowest BCUT2D eigenvalue weighted by Crippen LogP contribution is -2.52. The smallest absolute Gasteiger partial charge is 0.303 e. The van der Waals surface area contributed by atoms with E-state index in [0.29, 0.717) is 6.42 Å². The van der Waals surface area contributed by atoms with Crippen LogP contribution in [0.1, 0.15) is 40.0 Å². The molecule has 0 aliphatic heterocycles. The number of hydrogen-bond donors (Lipinski definition) is 1. The van der Waals surface area contributed by atoms with Crippen LogP contribution in [0.3, 0.4) is 0 Å². The van der Waals surface area contributed by atoms with Crippen molar-refractivity contribution in [1.82, 2.24) is 0 Å². The number of carboxylic acid groups (broad SMARTS) is 1. The maximum atomic E-state index is 11.1. The molecule has 11 heteroatoms. The lowest BCUT2D eigenvalue weighted by atomic mass is 9.97. The fraction of sp³-hybridized carbons (Fsp3) is 0.867. The molecule has 4 nitrogen and oxygen atoms in total. The Hall–Kier alpha value is 0.897. The lowest BCUT2D eigenvalue weighted by Gasteiger charge is -2.37. The predicted octanol–water partition coefficient (Wildman–Crippen LogP) is 4.73. The fourth-order valence-corrected chi connectivity index (χ4v) is 4.87. The van der Waals surface area contributed by atoms with Crippen LogP contribution in [0.2, 0.25) is 5.04 Å². The van der Waals surface area contributed by atoms with Gasteiger partial charge in [0.25, 0.3) is 5.97 Å². The summed E-state index contributed by atoms with van der Waals surface area (Å²) in [5.74, 6) is -1.13. The Morgan fingerprint density at radius 3 is 1.46 bits per heavy atom. The van der Waals surface area contributed by atoms with E-state index in [1.807, 2.05) is 20.8 Å². The third-order valence-electron chi connectivity index (χ3n) is 3.26. The first kappa shape index (κ1) is 26.9. The van der Waals surface area contributed by atoms with Gasteiger partial charge in [0, 0.05) is 12.8 Å². The number of rotatable bonds is 5. The van der Waals surface area contributed by atoms with E-state index < -0.39 is 48.0 Å². The molecule has 1 aliphatic rings. The molecule has 1 N–H and O–H groups in total. The summed E-state index contributed by atoms with van der Waals surface area (Å²) in [6.45, 7) is 6.09. The van der Waals surface area contributed by atoms with Gasteiger partial charge in [-0.2, -0.15) is 0 Å².